The third-order valence-corrected chi connectivity index (χ3v) is 4.02. The summed E-state index contributed by atoms with van der Waals surface area (Å²) in [5.74, 6) is 1.79. The molecule has 0 saturated heterocycles. The Morgan fingerprint density at radius 3 is 2.11 bits per heavy atom. The molecular weight excluding hydrogens is 348 g/mol. The molecule has 144 valence electrons. The lowest BCUT2D eigenvalue weighted by Crippen LogP contribution is -2.22. The number of nitrogens with two attached hydrogens (primary N) is 1. The highest BCUT2D eigenvalue weighted by Gasteiger charge is 2.17. The van der Waals surface area contributed by atoms with E-state index in [2.05, 4.69) is 11.9 Å². The number of methoxy groups -OCH3 is 4. The van der Waals surface area contributed by atoms with Crippen LogP contribution in [0, 0.1) is 0 Å². The van der Waals surface area contributed by atoms with Crippen LogP contribution in [-0.4, -0.2) is 40.9 Å². The minimum absolute atomic E-state index is 0.132. The predicted molar refractivity (Wildman–Crippen MR) is 105 cm³/mol. The van der Waals surface area contributed by atoms with E-state index in [1.807, 2.05) is 6.07 Å². The van der Waals surface area contributed by atoms with E-state index in [-0.39, 0.29) is 12.5 Å². The van der Waals surface area contributed by atoms with Crippen LogP contribution in [0.5, 0.6) is 23.0 Å². The Morgan fingerprint density at radius 2 is 1.63 bits per heavy atom. The number of hydrogen-bond acceptors (Lipinski definition) is 6. The lowest BCUT2D eigenvalue weighted by molar-refractivity contribution is -0.114. The lowest BCUT2D eigenvalue weighted by Gasteiger charge is -2.18. The van der Waals surface area contributed by atoms with E-state index >= 15 is 0 Å². The fraction of sp³-hybridized carbons (Fsp3) is 0.250. The monoisotopic (exact) mass is 372 g/mol. The van der Waals surface area contributed by atoms with Crippen LogP contribution in [0.4, 0.5) is 5.69 Å². The second-order valence-electron chi connectivity index (χ2n) is 5.56. The summed E-state index contributed by atoms with van der Waals surface area (Å²) < 4.78 is 21.4. The van der Waals surface area contributed by atoms with Crippen LogP contribution in [0.25, 0.3) is 5.57 Å². The van der Waals surface area contributed by atoms with Crippen molar-refractivity contribution in [3.05, 3.63) is 48.0 Å². The maximum Gasteiger partial charge on any atom is 0.238 e. The van der Waals surface area contributed by atoms with E-state index < -0.39 is 0 Å². The minimum atomic E-state index is -0.317. The number of ether oxygens (including phenoxy) is 4. The molecule has 3 N–H and O–H groups in total. The Hall–Kier alpha value is -3.19. The molecule has 0 aliphatic heterocycles. The molecule has 0 aliphatic rings. The van der Waals surface area contributed by atoms with Crippen molar-refractivity contribution in [1.82, 2.24) is 0 Å². The van der Waals surface area contributed by atoms with Crippen molar-refractivity contribution in [2.24, 2.45) is 5.73 Å². The van der Waals surface area contributed by atoms with Gasteiger partial charge < -0.3 is 30.0 Å². The van der Waals surface area contributed by atoms with Crippen LogP contribution < -0.4 is 30.0 Å². The third-order valence-electron chi connectivity index (χ3n) is 4.02. The molecule has 0 unspecified atom stereocenters. The van der Waals surface area contributed by atoms with Gasteiger partial charge in [-0.25, -0.2) is 0 Å². The van der Waals surface area contributed by atoms with Crippen molar-refractivity contribution in [1.29, 1.82) is 0 Å². The first kappa shape index (κ1) is 20.1. The largest absolute Gasteiger partial charge is 0.497 e. The molecule has 1 amide bonds. The van der Waals surface area contributed by atoms with Gasteiger partial charge in [0.05, 0.1) is 40.7 Å². The highest BCUT2D eigenvalue weighted by Crippen LogP contribution is 2.41. The standard InChI is InChI=1S/C20H24N2O5/c1-12(13-8-17(25-3)20(27-5)18(9-13)26-4)15-7-6-14(24-2)10-16(15)22-19(23)11-21/h6-10H,1,11,21H2,2-5H3,(H,22,23). The fourth-order valence-electron chi connectivity index (χ4n) is 2.63. The quantitative estimate of drug-likeness (QED) is 0.740. The molecule has 0 aliphatic carbocycles. The van der Waals surface area contributed by atoms with E-state index in [1.54, 1.807) is 52.7 Å². The number of anilines is 1. The molecule has 7 heteroatoms. The summed E-state index contributed by atoms with van der Waals surface area (Å²) >= 11 is 0. The smallest absolute Gasteiger partial charge is 0.238 e. The van der Waals surface area contributed by atoms with E-state index in [4.69, 9.17) is 24.7 Å². The number of rotatable bonds is 8. The van der Waals surface area contributed by atoms with Gasteiger partial charge in [0, 0.05) is 11.6 Å². The van der Waals surface area contributed by atoms with Gasteiger partial charge in [-0.1, -0.05) is 6.58 Å². The van der Waals surface area contributed by atoms with Crippen LogP contribution in [0.2, 0.25) is 0 Å². The van der Waals surface area contributed by atoms with Crippen molar-refractivity contribution >= 4 is 17.2 Å². The number of hydrogen-bond donors (Lipinski definition) is 2. The Balaban J connectivity index is 2.55. The summed E-state index contributed by atoms with van der Waals surface area (Å²) in [6.07, 6.45) is 0. The van der Waals surface area contributed by atoms with Crippen LogP contribution >= 0.6 is 0 Å². The number of amides is 1. The Morgan fingerprint density at radius 1 is 1.00 bits per heavy atom. The summed E-state index contributed by atoms with van der Waals surface area (Å²) in [6.45, 7) is 4.04. The van der Waals surface area contributed by atoms with Crippen molar-refractivity contribution in [3.63, 3.8) is 0 Å². The normalized spacial score (nSPS) is 10.1. The molecule has 0 radical (unpaired) electrons. The van der Waals surface area contributed by atoms with Gasteiger partial charge in [0.15, 0.2) is 11.5 Å². The maximum atomic E-state index is 11.8. The lowest BCUT2D eigenvalue weighted by atomic mass is 9.97. The molecule has 0 aromatic heterocycles. The Labute approximate surface area is 158 Å². The molecule has 2 rings (SSSR count). The Bertz CT molecular complexity index is 823. The molecule has 0 spiro atoms. The summed E-state index contributed by atoms with van der Waals surface area (Å²) in [4.78, 5) is 11.8. The summed E-state index contributed by atoms with van der Waals surface area (Å²) in [6, 6.07) is 8.91. The van der Waals surface area contributed by atoms with Gasteiger partial charge in [-0.2, -0.15) is 0 Å². The second kappa shape index (κ2) is 8.95. The molecule has 0 heterocycles. The third kappa shape index (κ3) is 4.32. The zero-order chi connectivity index (χ0) is 20.0. The molecule has 27 heavy (non-hydrogen) atoms. The molecule has 2 aromatic carbocycles. The average Bonchev–Trinajstić information content (AvgIpc) is 2.71. The van der Waals surface area contributed by atoms with E-state index in [9.17, 15) is 4.79 Å². The minimum Gasteiger partial charge on any atom is -0.497 e. The van der Waals surface area contributed by atoms with Crippen molar-refractivity contribution in [2.45, 2.75) is 0 Å². The fourth-order valence-corrected chi connectivity index (χ4v) is 2.63. The van der Waals surface area contributed by atoms with Gasteiger partial charge in [0.1, 0.15) is 5.75 Å². The van der Waals surface area contributed by atoms with Crippen LogP contribution in [0.1, 0.15) is 11.1 Å². The van der Waals surface area contributed by atoms with Crippen LogP contribution in [0.3, 0.4) is 0 Å². The molecule has 0 bridgehead atoms. The first-order valence-electron chi connectivity index (χ1n) is 8.16. The van der Waals surface area contributed by atoms with Gasteiger partial charge in [0.25, 0.3) is 0 Å². The summed E-state index contributed by atoms with van der Waals surface area (Å²) in [5.41, 5.74) is 8.09. The first-order valence-corrected chi connectivity index (χ1v) is 8.16. The molecule has 2 aromatic rings. The zero-order valence-electron chi connectivity index (χ0n) is 15.9. The summed E-state index contributed by atoms with van der Waals surface area (Å²) in [5, 5.41) is 2.77. The molecule has 7 nitrogen and oxygen atoms in total. The SMILES string of the molecule is C=C(c1cc(OC)c(OC)c(OC)c1)c1ccc(OC)cc1NC(=O)CN. The first-order chi connectivity index (χ1) is 13.0. The molecular formula is C20H24N2O5. The van der Waals surface area contributed by atoms with Gasteiger partial charge >= 0.3 is 0 Å². The van der Waals surface area contributed by atoms with Crippen molar-refractivity contribution < 1.29 is 23.7 Å². The van der Waals surface area contributed by atoms with Gasteiger partial charge in [-0.3, -0.25) is 4.79 Å². The second-order valence-corrected chi connectivity index (χ2v) is 5.56. The van der Waals surface area contributed by atoms with Crippen LogP contribution in [0.15, 0.2) is 36.9 Å². The van der Waals surface area contributed by atoms with E-state index in [1.165, 1.54) is 0 Å². The molecule has 0 fully saturated rings. The topological polar surface area (TPSA) is 92.0 Å². The number of benzene rings is 2. The van der Waals surface area contributed by atoms with Gasteiger partial charge in [0.2, 0.25) is 11.7 Å². The number of nitrogens with one attached hydrogen (secondary N) is 1. The average molecular weight is 372 g/mol. The van der Waals surface area contributed by atoms with Crippen molar-refractivity contribution in [3.8, 4) is 23.0 Å². The summed E-state index contributed by atoms with van der Waals surface area (Å²) in [7, 11) is 6.19. The number of carbonyl (C=O) groups is 1. The zero-order valence-corrected chi connectivity index (χ0v) is 15.9. The highest BCUT2D eigenvalue weighted by molar-refractivity contribution is 5.97. The maximum absolute atomic E-state index is 11.8. The van der Waals surface area contributed by atoms with Crippen molar-refractivity contribution in [2.75, 3.05) is 40.3 Å². The van der Waals surface area contributed by atoms with E-state index in [0.717, 1.165) is 5.56 Å². The van der Waals surface area contributed by atoms with Gasteiger partial charge in [-0.05, 0) is 35.4 Å². The molecule has 0 saturated carbocycles. The highest BCUT2D eigenvalue weighted by atomic mass is 16.5. The molecule has 0 atom stereocenters. The van der Waals surface area contributed by atoms with Crippen LogP contribution in [-0.2, 0) is 4.79 Å². The van der Waals surface area contributed by atoms with Gasteiger partial charge in [-0.15, -0.1) is 0 Å². The predicted octanol–water partition coefficient (Wildman–Crippen LogP) is 2.68. The number of carbonyl (C=O) groups excluding carboxylic acids is 1. The van der Waals surface area contributed by atoms with E-state index in [0.29, 0.717) is 39.8 Å². The Kier molecular flexibility index (Phi) is 6.67.